The van der Waals surface area contributed by atoms with Crippen LogP contribution in [0.3, 0.4) is 0 Å². The Morgan fingerprint density at radius 2 is 1.22 bits per heavy atom. The molecule has 1 aliphatic rings. The monoisotopic (exact) mass is 255 g/mol. The molecule has 3 N–H and O–H groups in total. The van der Waals surface area contributed by atoms with Crippen molar-refractivity contribution in [1.82, 2.24) is 0 Å². The summed E-state index contributed by atoms with van der Waals surface area (Å²) in [5, 5.41) is 16.2. The van der Waals surface area contributed by atoms with Crippen LogP contribution in [0.1, 0.15) is 51.9 Å². The number of rotatable bonds is 2. The Labute approximate surface area is 107 Å². The minimum absolute atomic E-state index is 0.750. The van der Waals surface area contributed by atoms with Crippen LogP contribution in [-0.4, -0.2) is 18.2 Å². The molecular weight excluding hydrogens is 234 g/mol. The van der Waals surface area contributed by atoms with Crippen molar-refractivity contribution < 1.29 is 14.4 Å². The molecule has 0 atom stereocenters. The molecule has 18 heavy (non-hydrogen) atoms. The quantitative estimate of drug-likeness (QED) is 0.518. The van der Waals surface area contributed by atoms with Crippen molar-refractivity contribution in [2.75, 3.05) is 0 Å². The molecule has 0 heterocycles. The first-order chi connectivity index (χ1) is 8.67. The summed E-state index contributed by atoms with van der Waals surface area (Å²) in [6.07, 6.45) is 12.7. The fourth-order valence-corrected chi connectivity index (χ4v) is 1.88. The third-order valence-corrected chi connectivity index (χ3v) is 2.42. The van der Waals surface area contributed by atoms with Crippen molar-refractivity contribution >= 4 is 18.2 Å². The van der Waals surface area contributed by atoms with Crippen LogP contribution >= 0.6 is 0 Å². The summed E-state index contributed by atoms with van der Waals surface area (Å²) >= 11 is 0. The Balaban J connectivity index is -0.000000210. The molecule has 0 aromatic rings. The molecular formula is C12H21N3O3. The Bertz CT molecular complexity index is 224. The first-order valence-corrected chi connectivity index (χ1v) is 5.79. The lowest BCUT2D eigenvalue weighted by Gasteiger charge is -2.20. The minimum atomic E-state index is 0.750. The van der Waals surface area contributed by atoms with Crippen LogP contribution in [0.5, 0.6) is 0 Å². The highest BCUT2D eigenvalue weighted by Crippen LogP contribution is 2.26. The SMILES string of the molecule is CCCC1CCCCC1.N=C=O.N=C=O.N=C=O. The highest BCUT2D eigenvalue weighted by molar-refractivity contribution is 5.26. The Kier molecular flexibility index (Phi) is 29.0. The highest BCUT2D eigenvalue weighted by atomic mass is 16.1. The van der Waals surface area contributed by atoms with Gasteiger partial charge in [0.2, 0.25) is 18.2 Å². The van der Waals surface area contributed by atoms with E-state index >= 15 is 0 Å². The van der Waals surface area contributed by atoms with E-state index in [0.717, 1.165) is 24.2 Å². The number of hydrogen-bond donors (Lipinski definition) is 3. The largest absolute Gasteiger partial charge is 0.231 e. The van der Waals surface area contributed by atoms with E-state index in [9.17, 15) is 0 Å². The zero-order chi connectivity index (χ0) is 14.6. The molecule has 1 fully saturated rings. The van der Waals surface area contributed by atoms with Gasteiger partial charge in [-0.15, -0.1) is 0 Å². The van der Waals surface area contributed by atoms with E-state index in [1.54, 1.807) is 0 Å². The molecule has 1 saturated carbocycles. The van der Waals surface area contributed by atoms with Crippen molar-refractivity contribution in [1.29, 1.82) is 16.2 Å². The molecule has 0 spiro atoms. The van der Waals surface area contributed by atoms with Gasteiger partial charge in [-0.25, -0.2) is 30.6 Å². The lowest BCUT2D eigenvalue weighted by Crippen LogP contribution is -2.04. The fraction of sp³-hybridized carbons (Fsp3) is 0.750. The van der Waals surface area contributed by atoms with Gasteiger partial charge >= 0.3 is 0 Å². The zero-order valence-corrected chi connectivity index (χ0v) is 10.8. The van der Waals surface area contributed by atoms with E-state index in [1.807, 2.05) is 0 Å². The Hall–Kier alpha value is -1.86. The fourth-order valence-electron chi connectivity index (χ4n) is 1.88. The van der Waals surface area contributed by atoms with Crippen molar-refractivity contribution in [2.24, 2.45) is 5.92 Å². The lowest BCUT2D eigenvalue weighted by atomic mass is 9.86. The van der Waals surface area contributed by atoms with Gasteiger partial charge in [0.25, 0.3) is 0 Å². The zero-order valence-electron chi connectivity index (χ0n) is 10.8. The van der Waals surface area contributed by atoms with E-state index in [4.69, 9.17) is 30.6 Å². The van der Waals surface area contributed by atoms with Crippen LogP contribution in [0.15, 0.2) is 0 Å². The van der Waals surface area contributed by atoms with E-state index < -0.39 is 0 Å². The molecule has 6 nitrogen and oxygen atoms in total. The second kappa shape index (κ2) is 24.4. The van der Waals surface area contributed by atoms with Gasteiger partial charge in [0.05, 0.1) is 0 Å². The van der Waals surface area contributed by atoms with Crippen molar-refractivity contribution in [3.63, 3.8) is 0 Å². The Morgan fingerprint density at radius 1 is 0.889 bits per heavy atom. The highest BCUT2D eigenvalue weighted by Gasteiger charge is 2.10. The molecule has 0 aliphatic heterocycles. The molecule has 1 aliphatic carbocycles. The van der Waals surface area contributed by atoms with Crippen LogP contribution in [0.25, 0.3) is 0 Å². The molecule has 102 valence electrons. The molecule has 0 unspecified atom stereocenters. The predicted molar refractivity (Wildman–Crippen MR) is 66.7 cm³/mol. The third-order valence-electron chi connectivity index (χ3n) is 2.42. The summed E-state index contributed by atoms with van der Waals surface area (Å²) in [6, 6.07) is 0. The molecule has 0 aromatic carbocycles. The second-order valence-corrected chi connectivity index (χ2v) is 3.60. The average Bonchev–Trinajstić information content (AvgIpc) is 2.34. The third kappa shape index (κ3) is 29.2. The van der Waals surface area contributed by atoms with E-state index in [0.29, 0.717) is 0 Å². The predicted octanol–water partition coefficient (Wildman–Crippen LogP) is 3.07. The standard InChI is InChI=1S/C9H18.3CHNO/c1-2-6-9-7-4-3-5-8-9;3*2-1-3/h9H,2-8H2,1H3;3*2H. The molecule has 6 heteroatoms. The second-order valence-electron chi connectivity index (χ2n) is 3.60. The first-order valence-electron chi connectivity index (χ1n) is 5.79. The summed E-state index contributed by atoms with van der Waals surface area (Å²) in [7, 11) is 0. The van der Waals surface area contributed by atoms with Gasteiger partial charge < -0.3 is 0 Å². The van der Waals surface area contributed by atoms with Crippen molar-refractivity contribution in [3.05, 3.63) is 0 Å². The maximum Gasteiger partial charge on any atom is 0.231 e. The summed E-state index contributed by atoms with van der Waals surface area (Å²) in [5.41, 5.74) is 0. The van der Waals surface area contributed by atoms with Gasteiger partial charge in [0.1, 0.15) is 0 Å². The van der Waals surface area contributed by atoms with Crippen LogP contribution in [0.2, 0.25) is 0 Å². The molecule has 0 saturated heterocycles. The molecule has 0 amide bonds. The maximum atomic E-state index is 8.35. The summed E-state index contributed by atoms with van der Waals surface area (Å²) < 4.78 is 0. The summed E-state index contributed by atoms with van der Waals surface area (Å²) in [6.45, 7) is 2.30. The van der Waals surface area contributed by atoms with Gasteiger partial charge in [0.15, 0.2) is 0 Å². The van der Waals surface area contributed by atoms with Gasteiger partial charge in [-0.05, 0) is 5.92 Å². The number of isocyanates is 3. The number of nitrogens with one attached hydrogen (secondary N) is 3. The van der Waals surface area contributed by atoms with Gasteiger partial charge in [-0.2, -0.15) is 0 Å². The van der Waals surface area contributed by atoms with Crippen molar-refractivity contribution in [3.8, 4) is 0 Å². The first kappa shape index (κ1) is 21.4. The normalized spacial score (nSPS) is 12.5. The van der Waals surface area contributed by atoms with Crippen LogP contribution in [0, 0.1) is 22.1 Å². The minimum Gasteiger partial charge on any atom is -0.222 e. The van der Waals surface area contributed by atoms with Crippen molar-refractivity contribution in [2.45, 2.75) is 51.9 Å². The number of carbonyl (C=O) groups excluding carboxylic acids is 3. The van der Waals surface area contributed by atoms with E-state index in [1.165, 1.54) is 44.9 Å². The Morgan fingerprint density at radius 3 is 1.50 bits per heavy atom. The average molecular weight is 255 g/mol. The molecule has 0 bridgehead atoms. The lowest BCUT2D eigenvalue weighted by molar-refractivity contribution is 0.336. The molecule has 0 radical (unpaired) electrons. The van der Waals surface area contributed by atoms with E-state index in [-0.39, 0.29) is 0 Å². The van der Waals surface area contributed by atoms with E-state index in [2.05, 4.69) is 6.92 Å². The van der Waals surface area contributed by atoms with Gasteiger partial charge in [0, 0.05) is 0 Å². The summed E-state index contributed by atoms with van der Waals surface area (Å²) in [4.78, 5) is 25.0. The van der Waals surface area contributed by atoms with Crippen LogP contribution < -0.4 is 0 Å². The summed E-state index contributed by atoms with van der Waals surface area (Å²) in [5.74, 6) is 1.10. The van der Waals surface area contributed by atoms with Crippen LogP contribution in [-0.2, 0) is 14.4 Å². The molecule has 1 rings (SSSR count). The molecule has 0 aromatic heterocycles. The maximum absolute atomic E-state index is 8.35. The topological polar surface area (TPSA) is 123 Å². The van der Waals surface area contributed by atoms with Gasteiger partial charge in [-0.3, -0.25) is 0 Å². The van der Waals surface area contributed by atoms with Crippen LogP contribution in [0.4, 0.5) is 0 Å². The number of hydrogen-bond acceptors (Lipinski definition) is 6. The smallest absolute Gasteiger partial charge is 0.222 e. The van der Waals surface area contributed by atoms with Gasteiger partial charge in [-0.1, -0.05) is 51.9 Å².